The van der Waals surface area contributed by atoms with Crippen molar-refractivity contribution in [3.63, 3.8) is 0 Å². The molecule has 2 aromatic rings. The Morgan fingerprint density at radius 1 is 0.976 bits per heavy atom. The maximum atomic E-state index is 12.2. The van der Waals surface area contributed by atoms with Crippen LogP contribution in [-0.4, -0.2) is 110 Å². The van der Waals surface area contributed by atoms with Crippen molar-refractivity contribution in [2.24, 2.45) is 4.99 Å². The highest BCUT2D eigenvalue weighted by Gasteiger charge is 2.38. The zero-order valence-corrected chi connectivity index (χ0v) is 23.3. The second-order valence-electron chi connectivity index (χ2n) is 9.21. The van der Waals surface area contributed by atoms with Gasteiger partial charge in [0.05, 0.1) is 12.1 Å². The summed E-state index contributed by atoms with van der Waals surface area (Å²) in [6.45, 7) is 5.25. The lowest BCUT2D eigenvalue weighted by atomic mass is 10.2. The number of carbonyl (C=O) groups is 3. The van der Waals surface area contributed by atoms with E-state index in [4.69, 9.17) is 24.7 Å². The van der Waals surface area contributed by atoms with Crippen molar-refractivity contribution in [1.29, 1.82) is 0 Å². The molecule has 1 amide bonds. The van der Waals surface area contributed by atoms with Gasteiger partial charge >= 0.3 is 18.1 Å². The van der Waals surface area contributed by atoms with Crippen LogP contribution in [0.4, 0.5) is 18.9 Å². The van der Waals surface area contributed by atoms with Crippen LogP contribution in [-0.2, 0) is 20.7 Å². The van der Waals surface area contributed by atoms with Gasteiger partial charge in [-0.1, -0.05) is 30.3 Å². The van der Waals surface area contributed by atoms with Crippen LogP contribution in [0.3, 0.4) is 0 Å². The number of amides is 1. The van der Waals surface area contributed by atoms with Gasteiger partial charge in [0.15, 0.2) is 5.96 Å². The number of nitrogens with one attached hydrogen (secondary N) is 2. The second-order valence-corrected chi connectivity index (χ2v) is 9.21. The first-order chi connectivity index (χ1) is 20.0. The van der Waals surface area contributed by atoms with E-state index in [1.807, 2.05) is 18.2 Å². The monoisotopic (exact) mass is 595 g/mol. The number of anilines is 1. The number of carbonyl (C=O) groups excluding carboxylic acids is 1. The Labute approximate surface area is 242 Å². The molecular formula is C28H36F3N5O6. The highest BCUT2D eigenvalue weighted by molar-refractivity contribution is 5.94. The Morgan fingerprint density at radius 3 is 2.14 bits per heavy atom. The fourth-order valence-corrected chi connectivity index (χ4v) is 3.80. The molecule has 0 atom stereocenters. The minimum atomic E-state index is -5.08. The molecule has 1 aliphatic rings. The van der Waals surface area contributed by atoms with Crippen molar-refractivity contribution in [3.8, 4) is 0 Å². The zero-order valence-electron chi connectivity index (χ0n) is 23.3. The number of piperazine rings is 1. The van der Waals surface area contributed by atoms with Gasteiger partial charge in [0, 0.05) is 58.7 Å². The summed E-state index contributed by atoms with van der Waals surface area (Å²) in [4.78, 5) is 41.4. The summed E-state index contributed by atoms with van der Waals surface area (Å²) in [5, 5.41) is 22.6. The van der Waals surface area contributed by atoms with Crippen LogP contribution >= 0.6 is 0 Å². The number of carboxylic acids is 2. The molecule has 0 radical (unpaired) electrons. The van der Waals surface area contributed by atoms with Gasteiger partial charge in [0.1, 0.15) is 0 Å². The minimum absolute atomic E-state index is 0.0305. The molecule has 1 saturated heterocycles. The summed E-state index contributed by atoms with van der Waals surface area (Å²) in [5.41, 5.74) is 2.25. The molecule has 0 saturated carbocycles. The van der Waals surface area contributed by atoms with E-state index in [-0.39, 0.29) is 11.5 Å². The number of carboxylic acid groups (broad SMARTS) is 2. The molecule has 0 aromatic heterocycles. The van der Waals surface area contributed by atoms with Crippen molar-refractivity contribution >= 4 is 29.5 Å². The van der Waals surface area contributed by atoms with Crippen LogP contribution in [0.2, 0.25) is 0 Å². The van der Waals surface area contributed by atoms with E-state index in [2.05, 4.69) is 32.6 Å². The van der Waals surface area contributed by atoms with Gasteiger partial charge in [0.25, 0.3) is 0 Å². The van der Waals surface area contributed by atoms with Gasteiger partial charge in [-0.15, -0.1) is 0 Å². The van der Waals surface area contributed by atoms with E-state index in [9.17, 15) is 22.8 Å². The van der Waals surface area contributed by atoms with Crippen molar-refractivity contribution in [1.82, 2.24) is 15.1 Å². The van der Waals surface area contributed by atoms with E-state index in [0.717, 1.165) is 50.7 Å². The molecule has 1 fully saturated rings. The predicted octanol–water partition coefficient (Wildman–Crippen LogP) is 2.80. The summed E-state index contributed by atoms with van der Waals surface area (Å²) < 4.78 is 36.7. The molecule has 3 rings (SSSR count). The van der Waals surface area contributed by atoms with E-state index in [1.54, 1.807) is 31.4 Å². The Kier molecular flexibility index (Phi) is 14.3. The summed E-state index contributed by atoms with van der Waals surface area (Å²) in [5.74, 6) is -2.92. The number of aliphatic imine (C=N–C) groups is 1. The first-order valence-electron chi connectivity index (χ1n) is 13.2. The van der Waals surface area contributed by atoms with E-state index in [1.165, 1.54) is 5.56 Å². The number of aromatic carboxylic acids is 1. The molecule has 42 heavy (non-hydrogen) atoms. The van der Waals surface area contributed by atoms with Gasteiger partial charge in [-0.25, -0.2) is 9.59 Å². The summed E-state index contributed by atoms with van der Waals surface area (Å²) in [6.07, 6.45) is -3.45. The molecule has 1 aliphatic heterocycles. The Balaban J connectivity index is 0.000000782. The van der Waals surface area contributed by atoms with E-state index < -0.39 is 18.1 Å². The maximum Gasteiger partial charge on any atom is 0.490 e. The molecule has 1 heterocycles. The molecule has 11 nitrogen and oxygen atoms in total. The maximum absolute atomic E-state index is 12.2. The highest BCUT2D eigenvalue weighted by Crippen LogP contribution is 2.14. The smallest absolute Gasteiger partial charge is 0.478 e. The molecule has 4 N–H and O–H groups in total. The molecular weight excluding hydrogens is 559 g/mol. The number of methoxy groups -OCH3 is 1. The van der Waals surface area contributed by atoms with Crippen LogP contribution < -0.4 is 10.6 Å². The molecule has 14 heteroatoms. The SMILES string of the molecule is COCCCNC(=O)CN1CCN(C(=NCCc2ccccc2)Nc2ccc(C(=O)O)cc2)CC1.O=C(O)C(F)(F)F. The van der Waals surface area contributed by atoms with Crippen LogP contribution in [0.1, 0.15) is 22.3 Å². The molecule has 2 aromatic carbocycles. The third-order valence-electron chi connectivity index (χ3n) is 6.02. The summed E-state index contributed by atoms with van der Waals surface area (Å²) >= 11 is 0. The third-order valence-corrected chi connectivity index (χ3v) is 6.02. The average molecular weight is 596 g/mol. The second kappa shape index (κ2) is 17.6. The predicted molar refractivity (Wildman–Crippen MR) is 151 cm³/mol. The summed E-state index contributed by atoms with van der Waals surface area (Å²) in [6, 6.07) is 16.9. The van der Waals surface area contributed by atoms with Gasteiger partial charge in [0.2, 0.25) is 5.91 Å². The van der Waals surface area contributed by atoms with Crippen molar-refractivity contribution in [2.45, 2.75) is 19.0 Å². The summed E-state index contributed by atoms with van der Waals surface area (Å²) in [7, 11) is 1.65. The first-order valence-corrected chi connectivity index (χ1v) is 13.2. The number of hydrogen-bond acceptors (Lipinski definition) is 6. The van der Waals surface area contributed by atoms with Gasteiger partial charge in [-0.05, 0) is 42.7 Å². The van der Waals surface area contributed by atoms with Crippen LogP contribution in [0.5, 0.6) is 0 Å². The largest absolute Gasteiger partial charge is 0.490 e. The van der Waals surface area contributed by atoms with Crippen LogP contribution in [0, 0.1) is 0 Å². The number of alkyl halides is 3. The number of benzene rings is 2. The fraction of sp³-hybridized carbons (Fsp3) is 0.429. The molecule has 230 valence electrons. The number of guanidine groups is 1. The Bertz CT molecular complexity index is 1150. The molecule has 0 bridgehead atoms. The van der Waals surface area contributed by atoms with Crippen LogP contribution in [0.15, 0.2) is 59.6 Å². The van der Waals surface area contributed by atoms with Crippen LogP contribution in [0.25, 0.3) is 0 Å². The van der Waals surface area contributed by atoms with E-state index >= 15 is 0 Å². The van der Waals surface area contributed by atoms with Gasteiger partial charge < -0.3 is 30.5 Å². The lowest BCUT2D eigenvalue weighted by Gasteiger charge is -2.36. The number of halogens is 3. The molecule has 0 spiro atoms. The Hall–Kier alpha value is -4.17. The van der Waals surface area contributed by atoms with Gasteiger partial charge in [-0.3, -0.25) is 14.7 Å². The zero-order chi connectivity index (χ0) is 31.0. The topological polar surface area (TPSA) is 144 Å². The number of hydrogen-bond donors (Lipinski definition) is 4. The molecule has 0 unspecified atom stereocenters. The lowest BCUT2D eigenvalue weighted by molar-refractivity contribution is -0.192. The minimum Gasteiger partial charge on any atom is -0.478 e. The lowest BCUT2D eigenvalue weighted by Crippen LogP contribution is -2.52. The van der Waals surface area contributed by atoms with E-state index in [0.29, 0.717) is 26.2 Å². The average Bonchev–Trinajstić information content (AvgIpc) is 2.96. The quantitative estimate of drug-likeness (QED) is 0.175. The number of ether oxygens (including phenoxy) is 1. The Morgan fingerprint density at radius 2 is 1.60 bits per heavy atom. The van der Waals surface area contributed by atoms with Crippen molar-refractivity contribution < 1.29 is 42.5 Å². The number of nitrogens with zero attached hydrogens (tertiary/aromatic N) is 3. The van der Waals surface area contributed by atoms with Gasteiger partial charge in [-0.2, -0.15) is 13.2 Å². The van der Waals surface area contributed by atoms with Crippen molar-refractivity contribution in [2.75, 3.05) is 64.8 Å². The molecule has 0 aliphatic carbocycles. The standard InChI is InChI=1S/C26H35N5O4.C2HF3O2/c1-35-19-5-13-27-24(32)20-30-15-17-31(18-16-30)26(28-14-12-21-6-3-2-4-7-21)29-23-10-8-22(9-11-23)25(33)34;3-2(4,5)1(6)7/h2-4,6-11H,5,12-20H2,1H3,(H,27,32)(H,28,29)(H,33,34);(H,6,7). The highest BCUT2D eigenvalue weighted by atomic mass is 19.4. The first kappa shape index (κ1) is 34.0. The third kappa shape index (κ3) is 13.0. The van der Waals surface area contributed by atoms with Crippen molar-refractivity contribution in [3.05, 3.63) is 65.7 Å². The number of rotatable bonds is 11. The normalized spacial score (nSPS) is 14.0. The number of aliphatic carboxylic acids is 1. The fourth-order valence-electron chi connectivity index (χ4n) is 3.80.